The van der Waals surface area contributed by atoms with Crippen LogP contribution in [0.1, 0.15) is 0 Å². The number of carbonyl (C=O) groups is 1. The number of hydrogen-bond donors (Lipinski definition) is 2. The first-order chi connectivity index (χ1) is 4.60. The lowest BCUT2D eigenvalue weighted by atomic mass is 9.91. The van der Waals surface area contributed by atoms with Crippen molar-refractivity contribution in [2.75, 3.05) is 27.2 Å². The molecular formula is C6H14Cl2N2O2. The topological polar surface area (TPSA) is 52.6 Å². The zero-order valence-electron chi connectivity index (χ0n) is 7.03. The van der Waals surface area contributed by atoms with Crippen LogP contribution in [-0.2, 0) is 4.79 Å². The van der Waals surface area contributed by atoms with Crippen LogP contribution in [0.3, 0.4) is 0 Å². The van der Waals surface area contributed by atoms with Gasteiger partial charge in [0, 0.05) is 13.1 Å². The van der Waals surface area contributed by atoms with Crippen molar-refractivity contribution in [1.29, 1.82) is 0 Å². The van der Waals surface area contributed by atoms with E-state index in [0.29, 0.717) is 13.1 Å². The second-order valence-corrected chi connectivity index (χ2v) is 2.81. The summed E-state index contributed by atoms with van der Waals surface area (Å²) in [5, 5.41) is 11.5. The summed E-state index contributed by atoms with van der Waals surface area (Å²) < 4.78 is 0. The molecule has 0 amide bonds. The fraction of sp³-hybridized carbons (Fsp3) is 0.833. The van der Waals surface area contributed by atoms with Gasteiger partial charge < -0.3 is 15.3 Å². The molecule has 0 aliphatic carbocycles. The number of halogens is 2. The molecule has 1 heterocycles. The maximum Gasteiger partial charge on any atom is 0.326 e. The van der Waals surface area contributed by atoms with Gasteiger partial charge in [-0.3, -0.25) is 4.79 Å². The largest absolute Gasteiger partial charge is 0.480 e. The SMILES string of the molecule is CNC1(C(=O)O)CN(C)C1.Cl.Cl. The first-order valence-corrected chi connectivity index (χ1v) is 3.21. The molecule has 0 aromatic rings. The van der Waals surface area contributed by atoms with Gasteiger partial charge in [-0.2, -0.15) is 0 Å². The molecule has 4 nitrogen and oxygen atoms in total. The minimum absolute atomic E-state index is 0. The smallest absolute Gasteiger partial charge is 0.326 e. The third-order valence-electron chi connectivity index (χ3n) is 1.97. The summed E-state index contributed by atoms with van der Waals surface area (Å²) in [6.07, 6.45) is 0. The molecule has 6 heteroatoms. The van der Waals surface area contributed by atoms with Gasteiger partial charge in [-0.25, -0.2) is 0 Å². The van der Waals surface area contributed by atoms with Gasteiger partial charge in [-0.1, -0.05) is 0 Å². The van der Waals surface area contributed by atoms with Gasteiger partial charge >= 0.3 is 5.97 Å². The fourth-order valence-electron chi connectivity index (χ4n) is 1.28. The highest BCUT2D eigenvalue weighted by Gasteiger charge is 2.46. The van der Waals surface area contributed by atoms with Gasteiger partial charge in [0.05, 0.1) is 0 Å². The van der Waals surface area contributed by atoms with E-state index in [-0.39, 0.29) is 24.8 Å². The molecule has 0 saturated carbocycles. The van der Waals surface area contributed by atoms with Crippen LogP contribution in [0.15, 0.2) is 0 Å². The van der Waals surface area contributed by atoms with Crippen molar-refractivity contribution in [3.05, 3.63) is 0 Å². The van der Waals surface area contributed by atoms with Crippen molar-refractivity contribution >= 4 is 30.8 Å². The van der Waals surface area contributed by atoms with Crippen molar-refractivity contribution in [3.8, 4) is 0 Å². The summed E-state index contributed by atoms with van der Waals surface area (Å²) in [4.78, 5) is 12.6. The Hall–Kier alpha value is -0.0300. The molecule has 0 aromatic heterocycles. The standard InChI is InChI=1S/C6H12N2O2.2ClH/c1-7-6(5(9)10)3-8(2)4-6;;/h7H,3-4H2,1-2H3,(H,9,10);2*1H. The lowest BCUT2D eigenvalue weighted by molar-refractivity contribution is -0.151. The molecule has 74 valence electrons. The summed E-state index contributed by atoms with van der Waals surface area (Å²) in [5.41, 5.74) is -0.672. The molecule has 0 atom stereocenters. The molecule has 2 N–H and O–H groups in total. The fourth-order valence-corrected chi connectivity index (χ4v) is 1.28. The predicted octanol–water partition coefficient (Wildman–Crippen LogP) is -0.182. The van der Waals surface area contributed by atoms with E-state index in [1.165, 1.54) is 0 Å². The number of likely N-dealkylation sites (tertiary alicyclic amines) is 1. The average molecular weight is 217 g/mol. The molecule has 0 bridgehead atoms. The van der Waals surface area contributed by atoms with E-state index in [2.05, 4.69) is 5.32 Å². The number of rotatable bonds is 2. The van der Waals surface area contributed by atoms with E-state index in [1.54, 1.807) is 7.05 Å². The van der Waals surface area contributed by atoms with E-state index in [1.807, 2.05) is 11.9 Å². The minimum Gasteiger partial charge on any atom is -0.480 e. The maximum atomic E-state index is 10.6. The first kappa shape index (κ1) is 14.5. The Morgan fingerprint density at radius 3 is 2.00 bits per heavy atom. The summed E-state index contributed by atoms with van der Waals surface area (Å²) >= 11 is 0. The number of carboxylic acid groups (broad SMARTS) is 1. The van der Waals surface area contributed by atoms with Crippen LogP contribution in [0.25, 0.3) is 0 Å². The molecule has 1 saturated heterocycles. The molecule has 1 aliphatic heterocycles. The number of nitrogens with one attached hydrogen (secondary N) is 1. The van der Waals surface area contributed by atoms with Crippen molar-refractivity contribution in [2.24, 2.45) is 0 Å². The van der Waals surface area contributed by atoms with Gasteiger partial charge in [-0.05, 0) is 14.1 Å². The van der Waals surface area contributed by atoms with Crippen LogP contribution in [0.5, 0.6) is 0 Å². The van der Waals surface area contributed by atoms with Crippen LogP contribution in [-0.4, -0.2) is 48.7 Å². The van der Waals surface area contributed by atoms with Crippen molar-refractivity contribution in [3.63, 3.8) is 0 Å². The molecular weight excluding hydrogens is 203 g/mol. The van der Waals surface area contributed by atoms with Crippen LogP contribution >= 0.6 is 24.8 Å². The summed E-state index contributed by atoms with van der Waals surface area (Å²) in [6, 6.07) is 0. The molecule has 1 aliphatic rings. The highest BCUT2D eigenvalue weighted by atomic mass is 35.5. The molecule has 0 spiro atoms. The molecule has 0 radical (unpaired) electrons. The Morgan fingerprint density at radius 2 is 1.92 bits per heavy atom. The molecule has 12 heavy (non-hydrogen) atoms. The maximum absolute atomic E-state index is 10.6. The number of likely N-dealkylation sites (N-methyl/N-ethyl adjacent to an activating group) is 2. The monoisotopic (exact) mass is 216 g/mol. The Bertz CT molecular complexity index is 160. The summed E-state index contributed by atoms with van der Waals surface area (Å²) in [6.45, 7) is 1.19. The molecule has 0 unspecified atom stereocenters. The third kappa shape index (κ3) is 2.23. The quantitative estimate of drug-likeness (QED) is 0.673. The molecule has 0 aromatic carbocycles. The average Bonchev–Trinajstić information content (AvgIpc) is 1.79. The Kier molecular flexibility index (Phi) is 5.88. The lowest BCUT2D eigenvalue weighted by Gasteiger charge is -2.44. The van der Waals surface area contributed by atoms with Crippen LogP contribution < -0.4 is 5.32 Å². The first-order valence-electron chi connectivity index (χ1n) is 3.21. The van der Waals surface area contributed by atoms with Crippen molar-refractivity contribution in [2.45, 2.75) is 5.54 Å². The zero-order valence-corrected chi connectivity index (χ0v) is 8.67. The number of aliphatic carboxylic acids is 1. The predicted molar refractivity (Wildman–Crippen MR) is 51.4 cm³/mol. The Labute approximate surface area is 84.1 Å². The summed E-state index contributed by atoms with van der Waals surface area (Å²) in [5.74, 6) is -0.756. The van der Waals surface area contributed by atoms with Crippen molar-refractivity contribution in [1.82, 2.24) is 10.2 Å². The van der Waals surface area contributed by atoms with E-state index in [0.717, 1.165) is 0 Å². The van der Waals surface area contributed by atoms with Crippen molar-refractivity contribution < 1.29 is 9.90 Å². The molecule has 1 rings (SSSR count). The second-order valence-electron chi connectivity index (χ2n) is 2.81. The van der Waals surface area contributed by atoms with Crippen LogP contribution in [0.4, 0.5) is 0 Å². The number of carboxylic acids is 1. The third-order valence-corrected chi connectivity index (χ3v) is 1.97. The summed E-state index contributed by atoms with van der Waals surface area (Å²) in [7, 11) is 3.58. The molecule has 1 fully saturated rings. The van der Waals surface area contributed by atoms with Crippen LogP contribution in [0, 0.1) is 0 Å². The van der Waals surface area contributed by atoms with Gasteiger partial charge in [0.1, 0.15) is 5.54 Å². The Balaban J connectivity index is 0. The second kappa shape index (κ2) is 4.87. The van der Waals surface area contributed by atoms with E-state index < -0.39 is 11.5 Å². The van der Waals surface area contributed by atoms with Gasteiger partial charge in [0.15, 0.2) is 0 Å². The van der Waals surface area contributed by atoms with E-state index in [4.69, 9.17) is 5.11 Å². The highest BCUT2D eigenvalue weighted by Crippen LogP contribution is 2.17. The highest BCUT2D eigenvalue weighted by molar-refractivity contribution is 5.85. The number of nitrogens with zero attached hydrogens (tertiary/aromatic N) is 1. The number of hydrogen-bond acceptors (Lipinski definition) is 3. The zero-order chi connectivity index (χ0) is 7.78. The minimum atomic E-state index is -0.756. The van der Waals surface area contributed by atoms with E-state index >= 15 is 0 Å². The lowest BCUT2D eigenvalue weighted by Crippen LogP contribution is -2.71. The van der Waals surface area contributed by atoms with E-state index in [9.17, 15) is 4.79 Å². The van der Waals surface area contributed by atoms with Gasteiger partial charge in [0.25, 0.3) is 0 Å². The van der Waals surface area contributed by atoms with Gasteiger partial charge in [-0.15, -0.1) is 24.8 Å². The normalized spacial score (nSPS) is 19.8. The Morgan fingerprint density at radius 1 is 1.50 bits per heavy atom. The van der Waals surface area contributed by atoms with Crippen LogP contribution in [0.2, 0.25) is 0 Å². The van der Waals surface area contributed by atoms with Gasteiger partial charge in [0.2, 0.25) is 0 Å².